The van der Waals surface area contributed by atoms with Crippen LogP contribution in [0.5, 0.6) is 5.88 Å². The molecule has 4 heterocycles. The Kier molecular flexibility index (Phi) is 6.59. The molecule has 3 aromatic heterocycles. The second kappa shape index (κ2) is 9.94. The number of nitrogens with zero attached hydrogens (tertiary/aromatic N) is 6. The molecule has 0 saturated carbocycles. The normalized spacial score (nSPS) is 17.1. The Morgan fingerprint density at radius 3 is 2.74 bits per heavy atom. The lowest BCUT2D eigenvalue weighted by Crippen LogP contribution is -2.43. The van der Waals surface area contributed by atoms with E-state index < -0.39 is 0 Å². The molecule has 1 aliphatic carbocycles. The Bertz CT molecular complexity index is 1250. The Morgan fingerprint density at radius 2 is 1.91 bits per heavy atom. The van der Waals surface area contributed by atoms with Gasteiger partial charge in [0.15, 0.2) is 5.65 Å². The second-order valence-corrected chi connectivity index (χ2v) is 8.91. The number of fused-ring (bicyclic) bond motifs is 2. The number of piperidine rings is 1. The molecular formula is C24H29N7O3. The number of methoxy groups -OCH3 is 1. The predicted molar refractivity (Wildman–Crippen MR) is 126 cm³/mol. The lowest BCUT2D eigenvalue weighted by molar-refractivity contribution is -0.118. The number of Topliss-reactive ketones (excluding diaryl/α,β-unsaturated/α-hetero) is 1. The molecule has 0 radical (unpaired) electrons. The smallest absolute Gasteiger partial charge is 0.270 e. The van der Waals surface area contributed by atoms with E-state index in [2.05, 4.69) is 30.2 Å². The van der Waals surface area contributed by atoms with Gasteiger partial charge in [0.05, 0.1) is 25.5 Å². The SMILES string of the molecule is COc1ccc2ncc(=O)n(CCN3CCC(NCc4ncc5c(n4)CC(=O)CC5)CC3)c2n1. The maximum absolute atomic E-state index is 12.4. The molecule has 2 aliphatic rings. The van der Waals surface area contributed by atoms with Gasteiger partial charge >= 0.3 is 0 Å². The maximum atomic E-state index is 12.4. The van der Waals surface area contributed by atoms with Gasteiger partial charge in [0.25, 0.3) is 5.56 Å². The fraction of sp³-hybridized carbons (Fsp3) is 0.500. The number of hydrogen-bond acceptors (Lipinski definition) is 9. The highest BCUT2D eigenvalue weighted by Crippen LogP contribution is 2.17. The van der Waals surface area contributed by atoms with Gasteiger partial charge in [0.2, 0.25) is 5.88 Å². The molecule has 1 aliphatic heterocycles. The zero-order valence-electron chi connectivity index (χ0n) is 19.4. The number of aromatic nitrogens is 5. The quantitative estimate of drug-likeness (QED) is 0.546. The van der Waals surface area contributed by atoms with E-state index in [1.165, 1.54) is 6.20 Å². The zero-order chi connectivity index (χ0) is 23.5. The third-order valence-corrected chi connectivity index (χ3v) is 6.69. The monoisotopic (exact) mass is 463 g/mol. The van der Waals surface area contributed by atoms with Gasteiger partial charge in [-0.1, -0.05) is 0 Å². The Morgan fingerprint density at radius 1 is 1.06 bits per heavy atom. The van der Waals surface area contributed by atoms with Crippen LogP contribution in [0, 0.1) is 0 Å². The molecule has 3 aromatic rings. The van der Waals surface area contributed by atoms with Crippen LogP contribution in [-0.2, 0) is 30.7 Å². The number of hydrogen-bond donors (Lipinski definition) is 1. The van der Waals surface area contributed by atoms with E-state index in [0.717, 1.165) is 56.0 Å². The van der Waals surface area contributed by atoms with Crippen molar-refractivity contribution in [3.63, 3.8) is 0 Å². The Balaban J connectivity index is 1.13. The van der Waals surface area contributed by atoms with Crippen LogP contribution < -0.4 is 15.6 Å². The third-order valence-electron chi connectivity index (χ3n) is 6.69. The van der Waals surface area contributed by atoms with Gasteiger partial charge < -0.3 is 15.0 Å². The van der Waals surface area contributed by atoms with Crippen molar-refractivity contribution in [2.24, 2.45) is 0 Å². The highest BCUT2D eigenvalue weighted by molar-refractivity contribution is 5.82. The van der Waals surface area contributed by atoms with E-state index in [4.69, 9.17) is 4.74 Å². The molecular weight excluding hydrogens is 434 g/mol. The predicted octanol–water partition coefficient (Wildman–Crippen LogP) is 0.902. The second-order valence-electron chi connectivity index (χ2n) is 8.91. The number of likely N-dealkylation sites (tertiary alicyclic amines) is 1. The summed E-state index contributed by atoms with van der Waals surface area (Å²) in [5, 5.41) is 3.57. The summed E-state index contributed by atoms with van der Waals surface area (Å²) in [6.45, 7) is 3.83. The minimum atomic E-state index is -0.156. The number of aryl methyl sites for hydroxylation is 1. The minimum Gasteiger partial charge on any atom is -0.481 e. The maximum Gasteiger partial charge on any atom is 0.270 e. The van der Waals surface area contributed by atoms with E-state index >= 15 is 0 Å². The van der Waals surface area contributed by atoms with Crippen molar-refractivity contribution in [1.82, 2.24) is 34.7 Å². The van der Waals surface area contributed by atoms with Crippen molar-refractivity contribution in [3.05, 3.63) is 52.0 Å². The minimum absolute atomic E-state index is 0.156. The van der Waals surface area contributed by atoms with Crippen LogP contribution in [0.1, 0.15) is 36.3 Å². The molecule has 10 heteroatoms. The Labute approximate surface area is 197 Å². The molecule has 10 nitrogen and oxygen atoms in total. The number of ether oxygens (including phenoxy) is 1. The summed E-state index contributed by atoms with van der Waals surface area (Å²) in [5.74, 6) is 1.48. The number of pyridine rings is 1. The summed E-state index contributed by atoms with van der Waals surface area (Å²) in [6.07, 6.45) is 7.05. The number of nitrogens with one attached hydrogen (secondary N) is 1. The van der Waals surface area contributed by atoms with Gasteiger partial charge in [-0.25, -0.2) is 15.0 Å². The molecule has 0 unspecified atom stereocenters. The number of rotatable bonds is 7. The fourth-order valence-corrected chi connectivity index (χ4v) is 4.67. The number of carbonyl (C=O) groups is 1. The molecule has 0 spiro atoms. The summed E-state index contributed by atoms with van der Waals surface area (Å²) < 4.78 is 6.89. The number of ketones is 1. The van der Waals surface area contributed by atoms with E-state index in [-0.39, 0.29) is 11.3 Å². The molecule has 0 atom stereocenters. The first-order chi connectivity index (χ1) is 16.6. The molecule has 0 aromatic carbocycles. The summed E-state index contributed by atoms with van der Waals surface area (Å²) in [5.41, 5.74) is 3.07. The van der Waals surface area contributed by atoms with Crippen LogP contribution >= 0.6 is 0 Å². The van der Waals surface area contributed by atoms with Crippen molar-refractivity contribution < 1.29 is 9.53 Å². The first-order valence-corrected chi connectivity index (χ1v) is 11.8. The topological polar surface area (TPSA) is 115 Å². The van der Waals surface area contributed by atoms with E-state index in [0.29, 0.717) is 49.0 Å². The van der Waals surface area contributed by atoms with E-state index in [9.17, 15) is 9.59 Å². The Hall–Kier alpha value is -3.24. The number of carbonyl (C=O) groups excluding carboxylic acids is 1. The highest BCUT2D eigenvalue weighted by Gasteiger charge is 2.21. The third kappa shape index (κ3) is 4.97. The molecule has 178 valence electrons. The van der Waals surface area contributed by atoms with Crippen LogP contribution in [0.25, 0.3) is 11.2 Å². The molecule has 0 amide bonds. The van der Waals surface area contributed by atoms with Gasteiger partial charge in [0, 0.05) is 44.2 Å². The lowest BCUT2D eigenvalue weighted by atomic mass is 9.96. The standard InChI is InChI=1S/C24H29N7O3/c1-34-22-5-4-19-24(29-22)31(23(33)15-26-19)11-10-30-8-6-17(7-9-30)25-14-21-27-13-16-2-3-18(32)12-20(16)28-21/h4-5,13,15,17,25H,2-3,6-12,14H2,1H3. The van der Waals surface area contributed by atoms with Gasteiger partial charge in [-0.2, -0.15) is 4.98 Å². The molecule has 1 saturated heterocycles. The largest absolute Gasteiger partial charge is 0.481 e. The van der Waals surface area contributed by atoms with Crippen molar-refractivity contribution >= 4 is 16.9 Å². The molecule has 34 heavy (non-hydrogen) atoms. The van der Waals surface area contributed by atoms with Gasteiger partial charge in [0.1, 0.15) is 17.1 Å². The van der Waals surface area contributed by atoms with Crippen LogP contribution in [0.3, 0.4) is 0 Å². The van der Waals surface area contributed by atoms with Crippen molar-refractivity contribution in [1.29, 1.82) is 0 Å². The van der Waals surface area contributed by atoms with Gasteiger partial charge in [-0.15, -0.1) is 0 Å². The molecule has 1 N–H and O–H groups in total. The summed E-state index contributed by atoms with van der Waals surface area (Å²) in [6, 6.07) is 3.96. The highest BCUT2D eigenvalue weighted by atomic mass is 16.5. The first kappa shape index (κ1) is 22.5. The van der Waals surface area contributed by atoms with Crippen LogP contribution in [0.15, 0.2) is 29.3 Å². The first-order valence-electron chi connectivity index (χ1n) is 11.8. The van der Waals surface area contributed by atoms with Crippen LogP contribution in [0.4, 0.5) is 0 Å². The van der Waals surface area contributed by atoms with Crippen LogP contribution in [-0.4, -0.2) is 68.0 Å². The van der Waals surface area contributed by atoms with E-state index in [1.54, 1.807) is 17.7 Å². The van der Waals surface area contributed by atoms with Gasteiger partial charge in [-0.05, 0) is 44.0 Å². The summed E-state index contributed by atoms with van der Waals surface area (Å²) in [7, 11) is 1.56. The average molecular weight is 464 g/mol. The van der Waals surface area contributed by atoms with E-state index in [1.807, 2.05) is 12.3 Å². The van der Waals surface area contributed by atoms with Crippen molar-refractivity contribution in [2.45, 2.75) is 51.2 Å². The lowest BCUT2D eigenvalue weighted by Gasteiger charge is -2.32. The summed E-state index contributed by atoms with van der Waals surface area (Å²) in [4.78, 5) is 44.3. The van der Waals surface area contributed by atoms with Crippen molar-refractivity contribution in [3.8, 4) is 5.88 Å². The average Bonchev–Trinajstić information content (AvgIpc) is 2.87. The molecule has 5 rings (SSSR count). The fourth-order valence-electron chi connectivity index (χ4n) is 4.67. The van der Waals surface area contributed by atoms with Crippen LogP contribution in [0.2, 0.25) is 0 Å². The molecule has 0 bridgehead atoms. The summed E-state index contributed by atoms with van der Waals surface area (Å²) >= 11 is 0. The van der Waals surface area contributed by atoms with Crippen molar-refractivity contribution in [2.75, 3.05) is 26.7 Å². The molecule has 1 fully saturated rings. The van der Waals surface area contributed by atoms with Gasteiger partial charge in [-0.3, -0.25) is 14.2 Å². The zero-order valence-corrected chi connectivity index (χ0v) is 19.4.